The average Bonchev–Trinajstić information content (AvgIpc) is 3.07. The molecule has 0 aromatic heterocycles. The quantitative estimate of drug-likeness (QED) is 0.816. The van der Waals surface area contributed by atoms with Crippen LogP contribution in [-0.2, 0) is 16.4 Å². The molecule has 0 bridgehead atoms. The zero-order valence-electron chi connectivity index (χ0n) is 14.7. The number of nitrogens with zero attached hydrogens (tertiary/aromatic N) is 1. The lowest BCUT2D eigenvalue weighted by Crippen LogP contribution is -2.46. The number of benzene rings is 1. The molecule has 25 heavy (non-hydrogen) atoms. The van der Waals surface area contributed by atoms with Gasteiger partial charge in [0.15, 0.2) is 0 Å². The Morgan fingerprint density at radius 3 is 2.68 bits per heavy atom. The Hall–Kier alpha value is -1.44. The fourth-order valence-electron chi connectivity index (χ4n) is 3.74. The van der Waals surface area contributed by atoms with Crippen molar-refractivity contribution in [3.05, 3.63) is 35.4 Å². The molecule has 2 aliphatic heterocycles. The van der Waals surface area contributed by atoms with E-state index in [0.717, 1.165) is 25.1 Å². The van der Waals surface area contributed by atoms with Gasteiger partial charge in [-0.1, -0.05) is 12.1 Å². The third-order valence-corrected chi connectivity index (χ3v) is 5.79. The van der Waals surface area contributed by atoms with E-state index in [-0.39, 0.29) is 11.9 Å². The third kappa shape index (κ3) is 5.26. The molecule has 138 valence electrons. The van der Waals surface area contributed by atoms with Gasteiger partial charge in [-0.25, -0.2) is 13.1 Å². The highest BCUT2D eigenvalue weighted by Crippen LogP contribution is 2.19. The number of hydrogen-bond donors (Lipinski definition) is 2. The van der Waals surface area contributed by atoms with E-state index in [1.165, 1.54) is 18.2 Å². The molecule has 1 aromatic rings. The van der Waals surface area contributed by atoms with Crippen LogP contribution < -0.4 is 10.0 Å². The zero-order chi connectivity index (χ0) is 17.9. The van der Waals surface area contributed by atoms with Crippen LogP contribution in [-0.4, -0.2) is 57.7 Å². The Kier molecular flexibility index (Phi) is 5.76. The predicted molar refractivity (Wildman–Crippen MR) is 98.0 cm³/mol. The predicted octanol–water partition coefficient (Wildman–Crippen LogP) is 0.992. The van der Waals surface area contributed by atoms with Gasteiger partial charge >= 0.3 is 0 Å². The number of sulfonamides is 1. The Morgan fingerprint density at radius 2 is 2.04 bits per heavy atom. The minimum Gasteiger partial charge on any atom is -0.339 e. The minimum atomic E-state index is -3.19. The molecule has 2 saturated heterocycles. The summed E-state index contributed by atoms with van der Waals surface area (Å²) < 4.78 is 25.3. The summed E-state index contributed by atoms with van der Waals surface area (Å²) in [5.74, 6) is 0.701. The molecule has 0 aliphatic carbocycles. The number of rotatable bonds is 5. The van der Waals surface area contributed by atoms with E-state index in [1.807, 2.05) is 23.1 Å². The number of nitrogens with one attached hydrogen (secondary N) is 2. The minimum absolute atomic E-state index is 0.0456. The van der Waals surface area contributed by atoms with Gasteiger partial charge in [0.1, 0.15) is 0 Å². The number of carbonyl (C=O) groups is 1. The van der Waals surface area contributed by atoms with Gasteiger partial charge in [0.2, 0.25) is 10.0 Å². The topological polar surface area (TPSA) is 78.5 Å². The second-order valence-corrected chi connectivity index (χ2v) is 9.00. The van der Waals surface area contributed by atoms with Crippen molar-refractivity contribution < 1.29 is 13.2 Å². The van der Waals surface area contributed by atoms with Crippen LogP contribution in [0.2, 0.25) is 0 Å². The maximum Gasteiger partial charge on any atom is 0.253 e. The Morgan fingerprint density at radius 1 is 1.28 bits per heavy atom. The largest absolute Gasteiger partial charge is 0.339 e. The van der Waals surface area contributed by atoms with E-state index < -0.39 is 10.0 Å². The standard InChI is InChI=1S/C18H27N3O3S/c1-25(23,24)20-17-6-9-21(10-7-17)18(22)16-4-2-3-14(12-16)11-15-5-8-19-13-15/h2-4,12,15,17,19-20H,5-11,13H2,1H3. The van der Waals surface area contributed by atoms with Crippen molar-refractivity contribution in [3.63, 3.8) is 0 Å². The van der Waals surface area contributed by atoms with Crippen LogP contribution in [0.15, 0.2) is 24.3 Å². The van der Waals surface area contributed by atoms with E-state index in [9.17, 15) is 13.2 Å². The molecule has 1 unspecified atom stereocenters. The van der Waals surface area contributed by atoms with Gasteiger partial charge in [-0.05, 0) is 62.4 Å². The van der Waals surface area contributed by atoms with Crippen molar-refractivity contribution in [1.29, 1.82) is 0 Å². The first-order chi connectivity index (χ1) is 11.9. The van der Waals surface area contributed by atoms with Crippen molar-refractivity contribution in [2.24, 2.45) is 5.92 Å². The number of likely N-dealkylation sites (tertiary alicyclic amines) is 1. The van der Waals surface area contributed by atoms with E-state index in [4.69, 9.17) is 0 Å². The van der Waals surface area contributed by atoms with Crippen LogP contribution in [0.4, 0.5) is 0 Å². The summed E-state index contributed by atoms with van der Waals surface area (Å²) in [6.45, 7) is 3.31. The zero-order valence-corrected chi connectivity index (χ0v) is 15.5. The van der Waals surface area contributed by atoms with Gasteiger partial charge in [0.25, 0.3) is 5.91 Å². The van der Waals surface area contributed by atoms with Crippen molar-refractivity contribution in [2.45, 2.75) is 31.7 Å². The highest BCUT2D eigenvalue weighted by molar-refractivity contribution is 7.88. The summed E-state index contributed by atoms with van der Waals surface area (Å²) in [6.07, 6.45) is 4.70. The molecule has 1 amide bonds. The SMILES string of the molecule is CS(=O)(=O)NC1CCN(C(=O)c2cccc(CC3CCNC3)c2)CC1. The summed E-state index contributed by atoms with van der Waals surface area (Å²) in [5.41, 5.74) is 1.95. The number of carbonyl (C=O) groups excluding carboxylic acids is 1. The molecule has 1 atom stereocenters. The van der Waals surface area contributed by atoms with Gasteiger partial charge < -0.3 is 10.2 Å². The highest BCUT2D eigenvalue weighted by Gasteiger charge is 2.25. The third-order valence-electron chi connectivity index (χ3n) is 5.02. The molecule has 0 radical (unpaired) electrons. The van der Waals surface area contributed by atoms with Crippen molar-refractivity contribution >= 4 is 15.9 Å². The monoisotopic (exact) mass is 365 g/mol. The molecule has 6 nitrogen and oxygen atoms in total. The maximum atomic E-state index is 12.8. The lowest BCUT2D eigenvalue weighted by atomic mass is 9.97. The smallest absolute Gasteiger partial charge is 0.253 e. The summed E-state index contributed by atoms with van der Waals surface area (Å²) in [4.78, 5) is 14.6. The molecule has 7 heteroatoms. The van der Waals surface area contributed by atoms with Crippen LogP contribution in [0.1, 0.15) is 35.2 Å². The molecule has 2 fully saturated rings. The van der Waals surface area contributed by atoms with Crippen LogP contribution in [0.25, 0.3) is 0 Å². The first kappa shape index (κ1) is 18.4. The lowest BCUT2D eigenvalue weighted by molar-refractivity contribution is 0.0711. The molecule has 0 saturated carbocycles. The number of piperidine rings is 1. The second-order valence-electron chi connectivity index (χ2n) is 7.22. The average molecular weight is 365 g/mol. The maximum absolute atomic E-state index is 12.8. The van der Waals surface area contributed by atoms with Gasteiger partial charge in [0, 0.05) is 24.7 Å². The van der Waals surface area contributed by atoms with Crippen molar-refractivity contribution in [2.75, 3.05) is 32.4 Å². The number of amides is 1. The Balaban J connectivity index is 1.58. The molecular formula is C18H27N3O3S. The van der Waals surface area contributed by atoms with Gasteiger partial charge in [-0.2, -0.15) is 0 Å². The first-order valence-corrected chi connectivity index (χ1v) is 10.9. The van der Waals surface area contributed by atoms with E-state index in [0.29, 0.717) is 31.8 Å². The van der Waals surface area contributed by atoms with Gasteiger partial charge in [-0.15, -0.1) is 0 Å². The number of hydrogen-bond acceptors (Lipinski definition) is 4. The molecular weight excluding hydrogens is 338 g/mol. The summed E-state index contributed by atoms with van der Waals surface area (Å²) in [7, 11) is -3.19. The van der Waals surface area contributed by atoms with Crippen LogP contribution >= 0.6 is 0 Å². The van der Waals surface area contributed by atoms with Crippen molar-refractivity contribution in [3.8, 4) is 0 Å². The second kappa shape index (κ2) is 7.85. The molecule has 1 aromatic carbocycles. The molecule has 3 rings (SSSR count). The van der Waals surface area contributed by atoms with E-state index in [2.05, 4.69) is 16.1 Å². The van der Waals surface area contributed by atoms with E-state index in [1.54, 1.807) is 0 Å². The fourth-order valence-corrected chi connectivity index (χ4v) is 4.58. The molecule has 2 aliphatic rings. The summed E-state index contributed by atoms with van der Waals surface area (Å²) >= 11 is 0. The highest BCUT2D eigenvalue weighted by atomic mass is 32.2. The fraction of sp³-hybridized carbons (Fsp3) is 0.611. The van der Waals surface area contributed by atoms with E-state index >= 15 is 0 Å². The molecule has 2 heterocycles. The van der Waals surface area contributed by atoms with Crippen LogP contribution in [0, 0.1) is 5.92 Å². The Bertz CT molecular complexity index is 706. The summed E-state index contributed by atoms with van der Waals surface area (Å²) in [6, 6.07) is 7.88. The molecule has 2 N–H and O–H groups in total. The molecule has 0 spiro atoms. The van der Waals surface area contributed by atoms with Gasteiger partial charge in [-0.3, -0.25) is 4.79 Å². The van der Waals surface area contributed by atoms with Gasteiger partial charge in [0.05, 0.1) is 6.26 Å². The lowest BCUT2D eigenvalue weighted by Gasteiger charge is -2.32. The van der Waals surface area contributed by atoms with Crippen LogP contribution in [0.5, 0.6) is 0 Å². The normalized spacial score (nSPS) is 22.3. The summed E-state index contributed by atoms with van der Waals surface area (Å²) in [5, 5.41) is 3.38. The first-order valence-electron chi connectivity index (χ1n) is 8.97. The Labute approximate surface area is 150 Å². The van der Waals surface area contributed by atoms with Crippen molar-refractivity contribution in [1.82, 2.24) is 14.9 Å². The van der Waals surface area contributed by atoms with Crippen LogP contribution in [0.3, 0.4) is 0 Å².